The molecule has 84 valence electrons. The smallest absolute Gasteiger partial charge is 0.338 e. The van der Waals surface area contributed by atoms with E-state index in [0.717, 1.165) is 0 Å². The molecule has 2 rings (SSSR count). The zero-order chi connectivity index (χ0) is 11.4. The summed E-state index contributed by atoms with van der Waals surface area (Å²) in [5.41, 5.74) is -1.19. The van der Waals surface area contributed by atoms with Gasteiger partial charge in [-0.2, -0.15) is 0 Å². The maximum atomic E-state index is 11.5. The van der Waals surface area contributed by atoms with Gasteiger partial charge in [0.05, 0.1) is 12.0 Å². The van der Waals surface area contributed by atoms with Crippen LogP contribution in [0.5, 0.6) is 0 Å². The van der Waals surface area contributed by atoms with Crippen molar-refractivity contribution in [2.45, 2.75) is 38.5 Å². The van der Waals surface area contributed by atoms with E-state index >= 15 is 0 Å². The summed E-state index contributed by atoms with van der Waals surface area (Å²) in [5.74, 6) is -1.24. The average Bonchev–Trinajstić information content (AvgIpc) is 2.37. The van der Waals surface area contributed by atoms with Crippen LogP contribution in [0.1, 0.15) is 20.8 Å². The molecule has 0 aliphatic carbocycles. The Labute approximate surface area is 87.8 Å². The largest absolute Gasteiger partial charge is 0.456 e. The van der Waals surface area contributed by atoms with Gasteiger partial charge in [-0.25, -0.2) is 4.79 Å². The molecule has 0 spiro atoms. The lowest BCUT2D eigenvalue weighted by molar-refractivity contribution is -0.206. The van der Waals surface area contributed by atoms with Crippen LogP contribution in [0.25, 0.3) is 0 Å². The number of rotatable bonds is 2. The molecule has 2 aliphatic heterocycles. The highest BCUT2D eigenvalue weighted by Gasteiger charge is 2.70. The third-order valence-corrected chi connectivity index (χ3v) is 3.32. The van der Waals surface area contributed by atoms with Crippen molar-refractivity contribution in [3.8, 4) is 0 Å². The molecule has 0 aromatic rings. The fraction of sp³-hybridized carbons (Fsp3) is 0.800. The van der Waals surface area contributed by atoms with Gasteiger partial charge in [0.15, 0.2) is 0 Å². The Balaban J connectivity index is 2.33. The second-order valence-electron chi connectivity index (χ2n) is 4.66. The Kier molecular flexibility index (Phi) is 2.05. The quantitative estimate of drug-likeness (QED) is 0.602. The van der Waals surface area contributed by atoms with Crippen LogP contribution >= 0.6 is 0 Å². The van der Waals surface area contributed by atoms with Crippen LogP contribution in [0, 0.1) is 11.8 Å². The number of carbonyl (C=O) groups is 2. The average molecular weight is 213 g/mol. The lowest BCUT2D eigenvalue weighted by Gasteiger charge is -2.46. The predicted molar refractivity (Wildman–Crippen MR) is 50.8 cm³/mol. The van der Waals surface area contributed by atoms with E-state index in [2.05, 4.69) is 5.32 Å². The Morgan fingerprint density at radius 2 is 2.07 bits per heavy atom. The summed E-state index contributed by atoms with van der Waals surface area (Å²) < 4.78 is 4.94. The van der Waals surface area contributed by atoms with Gasteiger partial charge in [-0.15, -0.1) is 0 Å². The van der Waals surface area contributed by atoms with Crippen molar-refractivity contribution in [2.24, 2.45) is 11.8 Å². The van der Waals surface area contributed by atoms with Gasteiger partial charge in [0.1, 0.15) is 6.10 Å². The number of nitrogens with one attached hydrogen (secondary N) is 1. The van der Waals surface area contributed by atoms with Gasteiger partial charge in [0.25, 0.3) is 0 Å². The summed E-state index contributed by atoms with van der Waals surface area (Å²) >= 11 is 0. The first-order valence-corrected chi connectivity index (χ1v) is 5.12. The number of fused-ring (bicyclic) bond motifs is 1. The summed E-state index contributed by atoms with van der Waals surface area (Å²) in [6.07, 6.45) is -1.41. The van der Waals surface area contributed by atoms with Gasteiger partial charge in [0, 0.05) is 0 Å². The highest BCUT2D eigenvalue weighted by Crippen LogP contribution is 2.42. The van der Waals surface area contributed by atoms with Crippen LogP contribution in [0.2, 0.25) is 0 Å². The van der Waals surface area contributed by atoms with Crippen molar-refractivity contribution in [3.05, 3.63) is 0 Å². The normalized spacial score (nSPS) is 40.6. The molecule has 1 amide bonds. The van der Waals surface area contributed by atoms with Gasteiger partial charge >= 0.3 is 5.97 Å². The minimum atomic E-state index is -1.19. The molecular formula is C10H15NO4. The second-order valence-corrected chi connectivity index (χ2v) is 4.66. The number of amides is 1. The number of aliphatic hydroxyl groups excluding tert-OH is 1. The molecule has 2 N–H and O–H groups in total. The lowest BCUT2D eigenvalue weighted by atomic mass is 9.76. The third-order valence-electron chi connectivity index (χ3n) is 3.32. The highest BCUT2D eigenvalue weighted by atomic mass is 16.6. The van der Waals surface area contributed by atoms with E-state index in [1.54, 1.807) is 20.8 Å². The fourth-order valence-corrected chi connectivity index (χ4v) is 2.33. The Bertz CT molecular complexity index is 327. The third kappa shape index (κ3) is 1.07. The summed E-state index contributed by atoms with van der Waals surface area (Å²) in [5, 5.41) is 12.6. The molecule has 15 heavy (non-hydrogen) atoms. The van der Waals surface area contributed by atoms with Crippen molar-refractivity contribution < 1.29 is 19.4 Å². The Morgan fingerprint density at radius 1 is 1.47 bits per heavy atom. The predicted octanol–water partition coefficient (Wildman–Crippen LogP) is -0.567. The number of esters is 1. The topological polar surface area (TPSA) is 75.6 Å². The molecule has 0 aromatic carbocycles. The van der Waals surface area contributed by atoms with Gasteiger partial charge < -0.3 is 15.2 Å². The maximum Gasteiger partial charge on any atom is 0.338 e. The first kappa shape index (κ1) is 10.4. The molecule has 5 heteroatoms. The highest BCUT2D eigenvalue weighted by molar-refractivity contribution is 5.99. The fourth-order valence-electron chi connectivity index (χ4n) is 2.33. The van der Waals surface area contributed by atoms with Crippen LogP contribution in [-0.2, 0) is 14.3 Å². The van der Waals surface area contributed by atoms with E-state index in [1.807, 2.05) is 0 Å². The molecule has 5 nitrogen and oxygen atoms in total. The van der Waals surface area contributed by atoms with E-state index in [1.165, 1.54) is 0 Å². The molecule has 2 unspecified atom stereocenters. The van der Waals surface area contributed by atoms with E-state index < -0.39 is 23.7 Å². The van der Waals surface area contributed by atoms with Crippen molar-refractivity contribution in [2.75, 3.05) is 0 Å². The van der Waals surface area contributed by atoms with Crippen molar-refractivity contribution in [3.63, 3.8) is 0 Å². The molecule has 0 bridgehead atoms. The van der Waals surface area contributed by atoms with Gasteiger partial charge in [-0.1, -0.05) is 13.8 Å². The number of hydrogen-bond acceptors (Lipinski definition) is 4. The zero-order valence-corrected chi connectivity index (χ0v) is 8.98. The van der Waals surface area contributed by atoms with Crippen LogP contribution < -0.4 is 5.32 Å². The van der Waals surface area contributed by atoms with Crippen molar-refractivity contribution >= 4 is 11.9 Å². The van der Waals surface area contributed by atoms with Crippen molar-refractivity contribution in [1.82, 2.24) is 5.32 Å². The van der Waals surface area contributed by atoms with Crippen LogP contribution in [0.3, 0.4) is 0 Å². The Morgan fingerprint density at radius 3 is 2.47 bits per heavy atom. The van der Waals surface area contributed by atoms with Crippen LogP contribution in [0.4, 0.5) is 0 Å². The number of hydrogen-bond donors (Lipinski definition) is 2. The molecule has 2 fully saturated rings. The molecule has 4 atom stereocenters. The maximum absolute atomic E-state index is 11.5. The zero-order valence-electron chi connectivity index (χ0n) is 8.98. The van der Waals surface area contributed by atoms with E-state index in [0.29, 0.717) is 0 Å². The van der Waals surface area contributed by atoms with Gasteiger partial charge in [-0.3, -0.25) is 4.79 Å². The van der Waals surface area contributed by atoms with E-state index in [9.17, 15) is 14.7 Å². The van der Waals surface area contributed by atoms with Gasteiger partial charge in [-0.05, 0) is 12.8 Å². The van der Waals surface area contributed by atoms with Crippen LogP contribution in [0.15, 0.2) is 0 Å². The van der Waals surface area contributed by atoms with Crippen molar-refractivity contribution in [1.29, 1.82) is 0 Å². The first-order valence-electron chi connectivity index (χ1n) is 5.12. The van der Waals surface area contributed by atoms with E-state index in [4.69, 9.17) is 4.74 Å². The Hall–Kier alpha value is -1.10. The molecule has 0 saturated carbocycles. The summed E-state index contributed by atoms with van der Waals surface area (Å²) in [6.45, 7) is 5.30. The lowest BCUT2D eigenvalue weighted by Crippen LogP contribution is -2.73. The summed E-state index contributed by atoms with van der Waals surface area (Å²) in [4.78, 5) is 22.9. The monoisotopic (exact) mass is 213 g/mol. The molecule has 2 aliphatic rings. The molecule has 2 saturated heterocycles. The molecular weight excluding hydrogens is 198 g/mol. The van der Waals surface area contributed by atoms with Gasteiger partial charge in [0.2, 0.25) is 11.4 Å². The minimum Gasteiger partial charge on any atom is -0.456 e. The molecule has 2 heterocycles. The number of ether oxygens (including phenoxy) is 1. The summed E-state index contributed by atoms with van der Waals surface area (Å²) in [6, 6.07) is 0. The number of aliphatic hydroxyl groups is 1. The minimum absolute atomic E-state index is 0.106. The SMILES string of the molecule is CC1C(=O)NC2([C@@H](O)C(C)C)C(=O)O[C@H]12. The summed E-state index contributed by atoms with van der Waals surface area (Å²) in [7, 11) is 0. The molecule has 0 aromatic heterocycles. The van der Waals surface area contributed by atoms with E-state index in [-0.39, 0.29) is 17.7 Å². The van der Waals surface area contributed by atoms with Crippen LogP contribution in [-0.4, -0.2) is 34.7 Å². The number of carbonyl (C=O) groups excluding carboxylic acids is 2. The second kappa shape index (κ2) is 2.95. The molecule has 0 radical (unpaired) electrons. The first-order chi connectivity index (χ1) is 6.91. The standard InChI is InChI=1S/C10H15NO4/c1-4(2)6(12)10-7(15-9(10)14)5(3)8(13)11-10/h4-7,12H,1-3H3,(H,11,13)/t5?,6-,7+,10?/m0/s1.